The summed E-state index contributed by atoms with van der Waals surface area (Å²) in [6.45, 7) is 1.73. The van der Waals surface area contributed by atoms with Crippen LogP contribution in [0.3, 0.4) is 0 Å². The molecule has 0 radical (unpaired) electrons. The maximum absolute atomic E-state index is 12.4. The number of benzene rings is 2. The normalized spacial score (nSPS) is 12.4. The number of sulfonamides is 1. The first-order chi connectivity index (χ1) is 10.1. The lowest BCUT2D eigenvalue weighted by atomic mass is 10.0. The molecule has 0 bridgehead atoms. The predicted octanol–water partition coefficient (Wildman–Crippen LogP) is 4.22. The zero-order valence-corrected chi connectivity index (χ0v) is 13.7. The van der Waals surface area contributed by atoms with E-state index < -0.39 is 21.2 Å². The molecular formula is C14H11BrF3NO2S. The molecule has 3 nitrogen and oxygen atoms in total. The summed E-state index contributed by atoms with van der Waals surface area (Å²) in [4.78, 5) is -0.419. The minimum Gasteiger partial charge on any atom is -0.207 e. The molecular weight excluding hydrogens is 383 g/mol. The van der Waals surface area contributed by atoms with Gasteiger partial charge >= 0.3 is 6.30 Å². The smallest absolute Gasteiger partial charge is 0.207 e. The van der Waals surface area contributed by atoms with Gasteiger partial charge in [-0.25, -0.2) is 8.42 Å². The highest BCUT2D eigenvalue weighted by Gasteiger charge is 2.35. The van der Waals surface area contributed by atoms with Crippen molar-refractivity contribution in [3.63, 3.8) is 0 Å². The summed E-state index contributed by atoms with van der Waals surface area (Å²) in [7, 11) is -4.71. The topological polar surface area (TPSA) is 46.2 Å². The van der Waals surface area contributed by atoms with E-state index in [-0.39, 0.29) is 5.56 Å². The quantitative estimate of drug-likeness (QED) is 0.793. The number of aryl methyl sites for hydroxylation is 1. The van der Waals surface area contributed by atoms with Crippen LogP contribution < -0.4 is 4.72 Å². The van der Waals surface area contributed by atoms with E-state index in [9.17, 15) is 21.6 Å². The molecule has 0 heterocycles. The Morgan fingerprint density at radius 2 is 1.64 bits per heavy atom. The van der Waals surface area contributed by atoms with E-state index in [1.807, 2.05) is 0 Å². The Hall–Kier alpha value is -1.38. The number of nitrogens with one attached hydrogen (secondary N) is 1. The monoisotopic (exact) mass is 393 g/mol. The molecule has 0 amide bonds. The van der Waals surface area contributed by atoms with E-state index in [1.165, 1.54) is 18.2 Å². The standard InChI is InChI=1S/C14H11BrF3NO2S/c1-9-2-7-13(22(20,21)19-14(16,17)18)12(8-9)10-3-5-11(15)6-4-10/h2-8,19H,1H3. The lowest BCUT2D eigenvalue weighted by Crippen LogP contribution is -2.37. The first-order valence-electron chi connectivity index (χ1n) is 6.06. The van der Waals surface area contributed by atoms with E-state index in [4.69, 9.17) is 0 Å². The van der Waals surface area contributed by atoms with Gasteiger partial charge in [0, 0.05) is 10.0 Å². The number of hydrogen-bond acceptors (Lipinski definition) is 2. The van der Waals surface area contributed by atoms with Gasteiger partial charge in [-0.1, -0.05) is 45.8 Å². The van der Waals surface area contributed by atoms with E-state index in [1.54, 1.807) is 31.2 Å². The molecule has 2 aromatic carbocycles. The summed E-state index contributed by atoms with van der Waals surface area (Å²) in [5, 5.41) is 0. The summed E-state index contributed by atoms with van der Waals surface area (Å²) in [6.07, 6.45) is -5.03. The number of rotatable bonds is 3. The van der Waals surface area contributed by atoms with Crippen molar-refractivity contribution in [2.75, 3.05) is 0 Å². The second kappa shape index (κ2) is 6.02. The number of hydrogen-bond donors (Lipinski definition) is 1. The lowest BCUT2D eigenvalue weighted by Gasteiger charge is -2.14. The first kappa shape index (κ1) is 17.0. The van der Waals surface area contributed by atoms with Crippen LogP contribution in [0.5, 0.6) is 0 Å². The van der Waals surface area contributed by atoms with E-state index in [0.29, 0.717) is 10.3 Å². The van der Waals surface area contributed by atoms with Crippen LogP contribution in [-0.4, -0.2) is 14.7 Å². The van der Waals surface area contributed by atoms with E-state index >= 15 is 0 Å². The van der Waals surface area contributed by atoms with Crippen LogP contribution in [-0.2, 0) is 10.0 Å². The lowest BCUT2D eigenvalue weighted by molar-refractivity contribution is -0.138. The third kappa shape index (κ3) is 4.08. The van der Waals surface area contributed by atoms with Crippen molar-refractivity contribution in [2.45, 2.75) is 18.1 Å². The largest absolute Gasteiger partial charge is 0.470 e. The zero-order valence-electron chi connectivity index (χ0n) is 11.3. The molecule has 0 atom stereocenters. The average Bonchev–Trinajstić information content (AvgIpc) is 2.36. The Bertz CT molecular complexity index is 787. The van der Waals surface area contributed by atoms with Crippen LogP contribution >= 0.6 is 15.9 Å². The Balaban J connectivity index is 2.60. The SMILES string of the molecule is Cc1ccc(S(=O)(=O)NC(F)(F)F)c(-c2ccc(Br)cc2)c1. The van der Waals surface area contributed by atoms with Gasteiger partial charge in [0.25, 0.3) is 0 Å². The van der Waals surface area contributed by atoms with E-state index in [2.05, 4.69) is 15.9 Å². The maximum atomic E-state index is 12.4. The average molecular weight is 394 g/mol. The second-order valence-electron chi connectivity index (χ2n) is 4.61. The Labute approximate surface area is 134 Å². The maximum Gasteiger partial charge on any atom is 0.470 e. The molecule has 0 fully saturated rings. The van der Waals surface area contributed by atoms with Crippen molar-refractivity contribution in [2.24, 2.45) is 0 Å². The van der Waals surface area contributed by atoms with Crippen LogP contribution in [0, 0.1) is 6.92 Å². The minimum absolute atomic E-state index is 0.212. The second-order valence-corrected chi connectivity index (χ2v) is 7.18. The molecule has 0 aliphatic rings. The highest BCUT2D eigenvalue weighted by molar-refractivity contribution is 9.10. The molecule has 0 saturated carbocycles. The first-order valence-corrected chi connectivity index (χ1v) is 8.33. The van der Waals surface area contributed by atoms with Gasteiger partial charge in [-0.05, 0) is 30.7 Å². The molecule has 0 aromatic heterocycles. The van der Waals surface area contributed by atoms with Crippen molar-refractivity contribution in [1.82, 2.24) is 4.72 Å². The highest BCUT2D eigenvalue weighted by atomic mass is 79.9. The Morgan fingerprint density at radius 1 is 1.05 bits per heavy atom. The molecule has 2 rings (SSSR count). The van der Waals surface area contributed by atoms with Crippen LogP contribution in [0.4, 0.5) is 13.2 Å². The third-order valence-electron chi connectivity index (χ3n) is 2.83. The molecule has 8 heteroatoms. The van der Waals surface area contributed by atoms with Crippen LogP contribution in [0.2, 0.25) is 0 Å². The molecule has 0 aliphatic heterocycles. The van der Waals surface area contributed by atoms with Crippen molar-refractivity contribution < 1.29 is 21.6 Å². The van der Waals surface area contributed by atoms with Gasteiger partial charge < -0.3 is 0 Å². The molecule has 118 valence electrons. The zero-order chi connectivity index (χ0) is 16.5. The van der Waals surface area contributed by atoms with Gasteiger partial charge in [0.15, 0.2) is 0 Å². The number of alkyl halides is 3. The summed E-state index contributed by atoms with van der Waals surface area (Å²) in [5.41, 5.74) is 1.46. The van der Waals surface area contributed by atoms with Gasteiger partial charge in [0.05, 0.1) is 4.90 Å². The predicted molar refractivity (Wildman–Crippen MR) is 80.7 cm³/mol. The van der Waals surface area contributed by atoms with E-state index in [0.717, 1.165) is 10.0 Å². The molecule has 0 saturated heterocycles. The summed E-state index contributed by atoms with van der Waals surface area (Å²) in [6, 6.07) is 10.8. The molecule has 0 aliphatic carbocycles. The van der Waals surface area contributed by atoms with Crippen LogP contribution in [0.15, 0.2) is 51.8 Å². The van der Waals surface area contributed by atoms with Crippen molar-refractivity contribution in [3.05, 3.63) is 52.5 Å². The molecule has 22 heavy (non-hydrogen) atoms. The molecule has 1 N–H and O–H groups in total. The fourth-order valence-corrected chi connectivity index (χ4v) is 3.33. The number of halogens is 4. The summed E-state index contributed by atoms with van der Waals surface area (Å²) < 4.78 is 62.7. The minimum atomic E-state index is -5.03. The third-order valence-corrected chi connectivity index (χ3v) is 4.79. The fraction of sp³-hybridized carbons (Fsp3) is 0.143. The van der Waals surface area contributed by atoms with Crippen molar-refractivity contribution in [3.8, 4) is 11.1 Å². The summed E-state index contributed by atoms with van der Waals surface area (Å²) >= 11 is 3.25. The van der Waals surface area contributed by atoms with Gasteiger partial charge in [0.1, 0.15) is 0 Å². The van der Waals surface area contributed by atoms with Gasteiger partial charge in [-0.3, -0.25) is 0 Å². The van der Waals surface area contributed by atoms with Crippen molar-refractivity contribution >= 4 is 26.0 Å². The fourth-order valence-electron chi connectivity index (χ4n) is 1.94. The molecule has 0 spiro atoms. The van der Waals surface area contributed by atoms with Gasteiger partial charge in [0.2, 0.25) is 10.0 Å². The molecule has 0 unspecified atom stereocenters. The van der Waals surface area contributed by atoms with Crippen LogP contribution in [0.25, 0.3) is 11.1 Å². The van der Waals surface area contributed by atoms with Gasteiger partial charge in [-0.2, -0.15) is 13.2 Å². The molecule has 2 aromatic rings. The van der Waals surface area contributed by atoms with Crippen molar-refractivity contribution in [1.29, 1.82) is 0 Å². The Morgan fingerprint density at radius 3 is 2.18 bits per heavy atom. The van der Waals surface area contributed by atoms with Crippen LogP contribution in [0.1, 0.15) is 5.56 Å². The van der Waals surface area contributed by atoms with Gasteiger partial charge in [-0.15, -0.1) is 4.72 Å². The Kier molecular flexibility index (Phi) is 4.65. The summed E-state index contributed by atoms with van der Waals surface area (Å²) in [5.74, 6) is 0. The highest BCUT2D eigenvalue weighted by Crippen LogP contribution is 2.30.